The van der Waals surface area contributed by atoms with E-state index in [-0.39, 0.29) is 0 Å². The third-order valence-electron chi connectivity index (χ3n) is 3.95. The fraction of sp³-hybridized carbons (Fsp3) is 0.222. The van der Waals surface area contributed by atoms with Crippen LogP contribution in [0, 0.1) is 0 Å². The van der Waals surface area contributed by atoms with E-state index < -0.39 is 0 Å². The molecular formula is C18H16ClN3O2S. The lowest BCUT2D eigenvalue weighted by molar-refractivity contribution is 0.171. The zero-order chi connectivity index (χ0) is 17.2. The summed E-state index contributed by atoms with van der Waals surface area (Å²) in [5.74, 6) is 3.05. The van der Waals surface area contributed by atoms with Crippen LogP contribution in [0.2, 0.25) is 5.02 Å². The van der Waals surface area contributed by atoms with Gasteiger partial charge in [-0.2, -0.15) is 0 Å². The van der Waals surface area contributed by atoms with Gasteiger partial charge in [0.1, 0.15) is 13.2 Å². The van der Waals surface area contributed by atoms with E-state index in [0.717, 1.165) is 44.4 Å². The van der Waals surface area contributed by atoms with Gasteiger partial charge in [0.15, 0.2) is 22.5 Å². The first-order chi connectivity index (χ1) is 12.2. The Morgan fingerprint density at radius 2 is 1.88 bits per heavy atom. The standard InChI is InChI=1S/C18H16ClN3O2S/c1-22-17(12-6-7-15-16(10-12)24-9-8-23-15)20-21-18(22)25-11-13-4-2-3-5-14(13)19/h2-7,10H,8-9,11H2,1H3. The van der Waals surface area contributed by atoms with Crippen LogP contribution in [0.25, 0.3) is 11.4 Å². The summed E-state index contributed by atoms with van der Waals surface area (Å²) >= 11 is 7.82. The second kappa shape index (κ2) is 6.98. The summed E-state index contributed by atoms with van der Waals surface area (Å²) in [6.07, 6.45) is 0. The number of nitrogens with zero attached hydrogens (tertiary/aromatic N) is 3. The lowest BCUT2D eigenvalue weighted by Gasteiger charge is -2.18. The quantitative estimate of drug-likeness (QED) is 0.641. The van der Waals surface area contributed by atoms with Crippen LogP contribution in [0.1, 0.15) is 5.56 Å². The molecule has 128 valence electrons. The van der Waals surface area contributed by atoms with E-state index in [1.54, 1.807) is 11.8 Å². The van der Waals surface area contributed by atoms with Gasteiger partial charge in [-0.05, 0) is 29.8 Å². The van der Waals surface area contributed by atoms with Crippen molar-refractivity contribution in [2.24, 2.45) is 7.05 Å². The summed E-state index contributed by atoms with van der Waals surface area (Å²) in [6, 6.07) is 13.7. The third kappa shape index (κ3) is 3.32. The maximum absolute atomic E-state index is 6.22. The van der Waals surface area contributed by atoms with E-state index in [2.05, 4.69) is 10.2 Å². The fourth-order valence-electron chi connectivity index (χ4n) is 2.63. The number of hydrogen-bond donors (Lipinski definition) is 0. The Balaban J connectivity index is 1.56. The van der Waals surface area contributed by atoms with Crippen LogP contribution in [0.3, 0.4) is 0 Å². The van der Waals surface area contributed by atoms with Crippen molar-refractivity contribution in [2.45, 2.75) is 10.9 Å². The van der Waals surface area contributed by atoms with E-state index >= 15 is 0 Å². The van der Waals surface area contributed by atoms with Gasteiger partial charge in [0.25, 0.3) is 0 Å². The zero-order valence-corrected chi connectivity index (χ0v) is 15.2. The molecule has 3 aromatic rings. The molecule has 1 aliphatic heterocycles. The molecule has 1 aromatic heterocycles. The van der Waals surface area contributed by atoms with Gasteiger partial charge in [-0.25, -0.2) is 0 Å². The lowest BCUT2D eigenvalue weighted by atomic mass is 10.2. The van der Waals surface area contributed by atoms with Crippen LogP contribution in [0.5, 0.6) is 11.5 Å². The second-order valence-electron chi connectivity index (χ2n) is 5.60. The highest BCUT2D eigenvalue weighted by Gasteiger charge is 2.16. The molecule has 25 heavy (non-hydrogen) atoms. The number of benzene rings is 2. The minimum absolute atomic E-state index is 0.564. The molecule has 0 radical (unpaired) electrons. The number of aromatic nitrogens is 3. The lowest BCUT2D eigenvalue weighted by Crippen LogP contribution is -2.15. The molecule has 0 spiro atoms. The van der Waals surface area contributed by atoms with Crippen molar-refractivity contribution in [3.63, 3.8) is 0 Å². The Kier molecular flexibility index (Phi) is 4.55. The zero-order valence-electron chi connectivity index (χ0n) is 13.6. The Labute approximate surface area is 154 Å². The Hall–Kier alpha value is -2.18. The number of thioether (sulfide) groups is 1. The Bertz CT molecular complexity index is 913. The minimum atomic E-state index is 0.564. The topological polar surface area (TPSA) is 49.2 Å². The van der Waals surface area contributed by atoms with Gasteiger partial charge < -0.3 is 14.0 Å². The molecule has 2 aromatic carbocycles. The maximum atomic E-state index is 6.22. The van der Waals surface area contributed by atoms with E-state index in [4.69, 9.17) is 21.1 Å². The van der Waals surface area contributed by atoms with Gasteiger partial charge in [0.05, 0.1) is 0 Å². The highest BCUT2D eigenvalue weighted by molar-refractivity contribution is 7.98. The predicted molar refractivity (Wildman–Crippen MR) is 98.4 cm³/mol. The van der Waals surface area contributed by atoms with Crippen molar-refractivity contribution in [3.05, 3.63) is 53.1 Å². The highest BCUT2D eigenvalue weighted by Crippen LogP contribution is 2.35. The van der Waals surface area contributed by atoms with Gasteiger partial charge >= 0.3 is 0 Å². The van der Waals surface area contributed by atoms with Gasteiger partial charge in [-0.15, -0.1) is 10.2 Å². The van der Waals surface area contributed by atoms with E-state index in [9.17, 15) is 0 Å². The number of halogens is 1. The number of rotatable bonds is 4. The second-order valence-corrected chi connectivity index (χ2v) is 6.95. The first kappa shape index (κ1) is 16.3. The average molecular weight is 374 g/mol. The molecule has 4 rings (SSSR count). The molecular weight excluding hydrogens is 358 g/mol. The van der Waals surface area contributed by atoms with Gasteiger partial charge in [-0.3, -0.25) is 0 Å². The predicted octanol–water partition coefficient (Wildman–Crippen LogP) is 4.20. The van der Waals surface area contributed by atoms with Crippen LogP contribution in [0.15, 0.2) is 47.6 Å². The average Bonchev–Trinajstić information content (AvgIpc) is 3.01. The van der Waals surface area contributed by atoms with Crippen molar-refractivity contribution in [2.75, 3.05) is 13.2 Å². The van der Waals surface area contributed by atoms with E-state index in [1.165, 1.54) is 0 Å². The normalized spacial score (nSPS) is 13.0. The molecule has 7 heteroatoms. The van der Waals surface area contributed by atoms with Gasteiger partial charge in [0.2, 0.25) is 0 Å². The summed E-state index contributed by atoms with van der Waals surface area (Å²) in [6.45, 7) is 1.15. The minimum Gasteiger partial charge on any atom is -0.486 e. The van der Waals surface area contributed by atoms with Crippen molar-refractivity contribution in [3.8, 4) is 22.9 Å². The van der Waals surface area contributed by atoms with Crippen molar-refractivity contribution in [1.29, 1.82) is 0 Å². The van der Waals surface area contributed by atoms with Crippen LogP contribution in [-0.2, 0) is 12.8 Å². The number of hydrogen-bond acceptors (Lipinski definition) is 5. The first-order valence-corrected chi connectivity index (χ1v) is 9.24. The molecule has 0 fully saturated rings. The first-order valence-electron chi connectivity index (χ1n) is 7.88. The summed E-state index contributed by atoms with van der Waals surface area (Å²) in [5.41, 5.74) is 2.03. The molecule has 0 aliphatic carbocycles. The van der Waals surface area contributed by atoms with Gasteiger partial charge in [0, 0.05) is 23.4 Å². The molecule has 0 saturated carbocycles. The van der Waals surface area contributed by atoms with Crippen LogP contribution >= 0.6 is 23.4 Å². The Morgan fingerprint density at radius 1 is 1.08 bits per heavy atom. The van der Waals surface area contributed by atoms with Crippen LogP contribution in [0.4, 0.5) is 0 Å². The highest BCUT2D eigenvalue weighted by atomic mass is 35.5. The van der Waals surface area contributed by atoms with E-state index in [1.807, 2.05) is 54.1 Å². The Morgan fingerprint density at radius 3 is 2.72 bits per heavy atom. The van der Waals surface area contributed by atoms with Gasteiger partial charge in [-0.1, -0.05) is 41.6 Å². The number of fused-ring (bicyclic) bond motifs is 1. The molecule has 0 bridgehead atoms. The SMILES string of the molecule is Cn1c(SCc2ccccc2Cl)nnc1-c1ccc2c(c1)OCCO2. The molecule has 0 atom stereocenters. The van der Waals surface area contributed by atoms with Crippen LogP contribution in [-0.4, -0.2) is 28.0 Å². The summed E-state index contributed by atoms with van der Waals surface area (Å²) in [7, 11) is 1.96. The molecule has 0 saturated heterocycles. The smallest absolute Gasteiger partial charge is 0.191 e. The van der Waals surface area contributed by atoms with E-state index in [0.29, 0.717) is 13.2 Å². The van der Waals surface area contributed by atoms with Crippen LogP contribution < -0.4 is 9.47 Å². The third-order valence-corrected chi connectivity index (χ3v) is 5.39. The summed E-state index contributed by atoms with van der Waals surface area (Å²) < 4.78 is 13.2. The fourth-order valence-corrected chi connectivity index (χ4v) is 3.83. The summed E-state index contributed by atoms with van der Waals surface area (Å²) in [5, 5.41) is 10.2. The molecule has 0 amide bonds. The van der Waals surface area contributed by atoms with Crippen molar-refractivity contribution in [1.82, 2.24) is 14.8 Å². The number of ether oxygens (including phenoxy) is 2. The van der Waals surface area contributed by atoms with Crippen molar-refractivity contribution < 1.29 is 9.47 Å². The molecule has 1 aliphatic rings. The molecule has 5 nitrogen and oxygen atoms in total. The molecule has 0 unspecified atom stereocenters. The largest absolute Gasteiger partial charge is 0.486 e. The molecule has 0 N–H and O–H groups in total. The molecule has 2 heterocycles. The van der Waals surface area contributed by atoms with Crippen molar-refractivity contribution >= 4 is 23.4 Å². The monoisotopic (exact) mass is 373 g/mol. The summed E-state index contributed by atoms with van der Waals surface area (Å²) in [4.78, 5) is 0. The maximum Gasteiger partial charge on any atom is 0.191 e.